The summed E-state index contributed by atoms with van der Waals surface area (Å²) >= 11 is 0. The maximum Gasteiger partial charge on any atom is 0.310 e. The molecule has 1 aromatic heterocycles. The number of aromatic amines is 1. The molecule has 6 heteroatoms. The molecule has 1 rings (SSSR count). The van der Waals surface area contributed by atoms with E-state index in [9.17, 15) is 14.7 Å². The Kier molecular flexibility index (Phi) is 3.43. The van der Waals surface area contributed by atoms with Crippen LogP contribution in [-0.2, 0) is 16.0 Å². The van der Waals surface area contributed by atoms with Crippen LogP contribution in [0, 0.1) is 6.92 Å². The number of rotatable bonds is 3. The number of ether oxygens (including phenoxy) is 1. The number of H-pyrrole nitrogens is 1. The van der Waals surface area contributed by atoms with E-state index >= 15 is 0 Å². The van der Waals surface area contributed by atoms with E-state index in [0.29, 0.717) is 5.82 Å². The number of aryl methyl sites for hydroxylation is 1. The van der Waals surface area contributed by atoms with Crippen LogP contribution in [0.25, 0.3) is 0 Å². The SMILES string of the molecule is CCOC(=O)Cc1c(O)nc(C)[nH]c1=O. The highest BCUT2D eigenvalue weighted by atomic mass is 16.5. The van der Waals surface area contributed by atoms with E-state index in [1.807, 2.05) is 0 Å². The molecule has 0 radical (unpaired) electrons. The third kappa shape index (κ3) is 2.80. The minimum absolute atomic E-state index is 0.0703. The molecule has 0 aromatic carbocycles. The fourth-order valence-electron chi connectivity index (χ4n) is 1.11. The summed E-state index contributed by atoms with van der Waals surface area (Å²) in [5, 5.41) is 9.35. The first-order valence-corrected chi connectivity index (χ1v) is 4.49. The number of aromatic nitrogens is 2. The molecule has 0 amide bonds. The van der Waals surface area contributed by atoms with Crippen molar-refractivity contribution in [2.24, 2.45) is 0 Å². The van der Waals surface area contributed by atoms with Crippen molar-refractivity contribution in [3.63, 3.8) is 0 Å². The van der Waals surface area contributed by atoms with Crippen molar-refractivity contribution < 1.29 is 14.6 Å². The first-order valence-electron chi connectivity index (χ1n) is 4.49. The molecule has 0 atom stereocenters. The van der Waals surface area contributed by atoms with Crippen LogP contribution in [0.5, 0.6) is 5.88 Å². The Bertz CT molecular complexity index is 425. The predicted octanol–water partition coefficient (Wildman–Crippen LogP) is -0.110. The molecule has 1 aromatic rings. The number of hydrogen-bond donors (Lipinski definition) is 2. The number of carbonyl (C=O) groups excluding carboxylic acids is 1. The largest absolute Gasteiger partial charge is 0.493 e. The van der Waals surface area contributed by atoms with E-state index in [2.05, 4.69) is 14.7 Å². The molecule has 2 N–H and O–H groups in total. The smallest absolute Gasteiger partial charge is 0.310 e. The van der Waals surface area contributed by atoms with Gasteiger partial charge in [0.05, 0.1) is 18.6 Å². The van der Waals surface area contributed by atoms with Crippen LogP contribution in [0.2, 0.25) is 0 Å². The fraction of sp³-hybridized carbons (Fsp3) is 0.444. The first kappa shape index (κ1) is 11.2. The number of aromatic hydroxyl groups is 1. The van der Waals surface area contributed by atoms with E-state index in [0.717, 1.165) is 0 Å². The van der Waals surface area contributed by atoms with E-state index in [4.69, 9.17) is 0 Å². The maximum atomic E-state index is 11.3. The average Bonchev–Trinajstić information content (AvgIpc) is 2.11. The van der Waals surface area contributed by atoms with E-state index in [-0.39, 0.29) is 18.6 Å². The van der Waals surface area contributed by atoms with Gasteiger partial charge in [0, 0.05) is 0 Å². The van der Waals surface area contributed by atoms with Gasteiger partial charge in [-0.3, -0.25) is 9.59 Å². The number of carbonyl (C=O) groups is 1. The molecule has 0 aliphatic carbocycles. The number of hydrogen-bond acceptors (Lipinski definition) is 5. The minimum Gasteiger partial charge on any atom is -0.493 e. The van der Waals surface area contributed by atoms with Crippen molar-refractivity contribution in [2.45, 2.75) is 20.3 Å². The molecule has 0 aliphatic heterocycles. The van der Waals surface area contributed by atoms with Gasteiger partial charge in [0.25, 0.3) is 5.56 Å². The molecule has 0 bridgehead atoms. The zero-order valence-corrected chi connectivity index (χ0v) is 8.53. The second kappa shape index (κ2) is 4.59. The summed E-state index contributed by atoms with van der Waals surface area (Å²) in [6.45, 7) is 3.43. The Morgan fingerprint density at radius 1 is 1.60 bits per heavy atom. The van der Waals surface area contributed by atoms with Crippen molar-refractivity contribution in [3.05, 3.63) is 21.7 Å². The standard InChI is InChI=1S/C9H12N2O4/c1-3-15-7(12)4-6-8(13)10-5(2)11-9(6)14/h3-4H2,1-2H3,(H2,10,11,13,14). The predicted molar refractivity (Wildman–Crippen MR) is 51.6 cm³/mol. The molecule has 15 heavy (non-hydrogen) atoms. The Balaban J connectivity index is 2.95. The van der Waals surface area contributed by atoms with Crippen LogP contribution in [0.3, 0.4) is 0 Å². The Morgan fingerprint density at radius 3 is 2.80 bits per heavy atom. The molecular formula is C9H12N2O4. The van der Waals surface area contributed by atoms with Gasteiger partial charge in [-0.25, -0.2) is 4.98 Å². The second-order valence-electron chi connectivity index (χ2n) is 2.94. The Morgan fingerprint density at radius 2 is 2.27 bits per heavy atom. The van der Waals surface area contributed by atoms with Crippen LogP contribution in [0.1, 0.15) is 18.3 Å². The summed E-state index contributed by atoms with van der Waals surface area (Å²) in [6, 6.07) is 0. The highest BCUT2D eigenvalue weighted by Crippen LogP contribution is 2.09. The molecule has 0 spiro atoms. The lowest BCUT2D eigenvalue weighted by molar-refractivity contribution is -0.142. The van der Waals surface area contributed by atoms with Gasteiger partial charge in [-0.1, -0.05) is 0 Å². The van der Waals surface area contributed by atoms with Crippen LogP contribution < -0.4 is 5.56 Å². The monoisotopic (exact) mass is 212 g/mol. The molecule has 0 unspecified atom stereocenters. The first-order chi connectivity index (χ1) is 7.04. The van der Waals surface area contributed by atoms with Crippen LogP contribution >= 0.6 is 0 Å². The molecule has 82 valence electrons. The van der Waals surface area contributed by atoms with Crippen molar-refractivity contribution >= 4 is 5.97 Å². The number of nitrogens with one attached hydrogen (secondary N) is 1. The van der Waals surface area contributed by atoms with Crippen LogP contribution in [-0.4, -0.2) is 27.7 Å². The van der Waals surface area contributed by atoms with Crippen LogP contribution in [0.4, 0.5) is 0 Å². The summed E-state index contributed by atoms with van der Waals surface area (Å²) in [4.78, 5) is 28.5. The average molecular weight is 212 g/mol. The summed E-state index contributed by atoms with van der Waals surface area (Å²) in [5.41, 5.74) is -0.591. The van der Waals surface area contributed by atoms with Gasteiger partial charge >= 0.3 is 5.97 Å². The third-order valence-electron chi connectivity index (χ3n) is 1.74. The Hall–Kier alpha value is -1.85. The molecular weight excluding hydrogens is 200 g/mol. The van der Waals surface area contributed by atoms with Crippen molar-refractivity contribution in [1.82, 2.24) is 9.97 Å². The quantitative estimate of drug-likeness (QED) is 0.682. The van der Waals surface area contributed by atoms with E-state index in [1.54, 1.807) is 6.92 Å². The van der Waals surface area contributed by atoms with Gasteiger partial charge < -0.3 is 14.8 Å². The zero-order chi connectivity index (χ0) is 11.4. The molecule has 0 saturated carbocycles. The van der Waals surface area contributed by atoms with Crippen molar-refractivity contribution in [3.8, 4) is 5.88 Å². The van der Waals surface area contributed by atoms with E-state index < -0.39 is 17.4 Å². The third-order valence-corrected chi connectivity index (χ3v) is 1.74. The highest BCUT2D eigenvalue weighted by molar-refractivity contribution is 5.73. The fourth-order valence-corrected chi connectivity index (χ4v) is 1.11. The molecule has 0 fully saturated rings. The van der Waals surface area contributed by atoms with Gasteiger partial charge in [0.1, 0.15) is 5.82 Å². The molecule has 0 aliphatic rings. The summed E-state index contributed by atoms with van der Waals surface area (Å²) in [6.07, 6.45) is -0.276. The maximum absolute atomic E-state index is 11.3. The van der Waals surface area contributed by atoms with Gasteiger partial charge in [0.15, 0.2) is 0 Å². The highest BCUT2D eigenvalue weighted by Gasteiger charge is 2.14. The van der Waals surface area contributed by atoms with Gasteiger partial charge in [-0.15, -0.1) is 0 Å². The normalized spacial score (nSPS) is 10.0. The topological polar surface area (TPSA) is 92.3 Å². The molecule has 0 saturated heterocycles. The van der Waals surface area contributed by atoms with Gasteiger partial charge in [-0.2, -0.15) is 0 Å². The minimum atomic E-state index is -0.566. The number of esters is 1. The lowest BCUT2D eigenvalue weighted by Crippen LogP contribution is -2.19. The van der Waals surface area contributed by atoms with Crippen molar-refractivity contribution in [2.75, 3.05) is 6.61 Å². The van der Waals surface area contributed by atoms with Gasteiger partial charge in [-0.05, 0) is 13.8 Å². The summed E-state index contributed by atoms with van der Waals surface area (Å²) in [5.74, 6) is -0.696. The molecule has 6 nitrogen and oxygen atoms in total. The van der Waals surface area contributed by atoms with E-state index in [1.165, 1.54) is 6.92 Å². The lowest BCUT2D eigenvalue weighted by Gasteiger charge is -2.03. The summed E-state index contributed by atoms with van der Waals surface area (Å²) in [7, 11) is 0. The Labute approximate surface area is 85.9 Å². The zero-order valence-electron chi connectivity index (χ0n) is 8.53. The van der Waals surface area contributed by atoms with Crippen LogP contribution in [0.15, 0.2) is 4.79 Å². The van der Waals surface area contributed by atoms with Crippen molar-refractivity contribution in [1.29, 1.82) is 0 Å². The lowest BCUT2D eigenvalue weighted by atomic mass is 10.2. The summed E-state index contributed by atoms with van der Waals surface area (Å²) < 4.78 is 4.66. The van der Waals surface area contributed by atoms with Gasteiger partial charge in [0.2, 0.25) is 5.88 Å². The number of nitrogens with zero attached hydrogens (tertiary/aromatic N) is 1. The second-order valence-corrected chi connectivity index (χ2v) is 2.94. The molecule has 1 heterocycles.